The molecule has 1 aliphatic carbocycles. The first-order valence-corrected chi connectivity index (χ1v) is 7.48. The van der Waals surface area contributed by atoms with Crippen LogP contribution in [0.1, 0.15) is 46.5 Å². The van der Waals surface area contributed by atoms with Gasteiger partial charge in [0.05, 0.1) is 0 Å². The van der Waals surface area contributed by atoms with Crippen molar-refractivity contribution in [3.8, 4) is 0 Å². The van der Waals surface area contributed by atoms with Crippen molar-refractivity contribution in [2.75, 3.05) is 19.6 Å². The smallest absolute Gasteiger partial charge is 0.329 e. The van der Waals surface area contributed by atoms with Gasteiger partial charge < -0.3 is 20.6 Å². The Balaban J connectivity index is 2.48. The summed E-state index contributed by atoms with van der Waals surface area (Å²) < 4.78 is 0. The molecule has 1 atom stereocenters. The SMILES string of the molecule is CCN(CC)CC(C)NC(=O)NC1(C(=O)O)CCCC1. The van der Waals surface area contributed by atoms with E-state index in [4.69, 9.17) is 0 Å². The molecule has 0 aliphatic heterocycles. The Labute approximate surface area is 120 Å². The number of nitrogens with one attached hydrogen (secondary N) is 2. The Kier molecular flexibility index (Phi) is 6.26. The van der Waals surface area contributed by atoms with Crippen LogP contribution in [0.15, 0.2) is 0 Å². The molecule has 0 radical (unpaired) electrons. The number of likely N-dealkylation sites (N-methyl/N-ethyl adjacent to an activating group) is 1. The molecular formula is C14H27N3O3. The second kappa shape index (κ2) is 7.47. The van der Waals surface area contributed by atoms with Crippen molar-refractivity contribution < 1.29 is 14.7 Å². The number of hydrogen-bond donors (Lipinski definition) is 3. The molecule has 0 bridgehead atoms. The van der Waals surface area contributed by atoms with E-state index in [-0.39, 0.29) is 12.1 Å². The fourth-order valence-corrected chi connectivity index (χ4v) is 2.76. The number of amides is 2. The maximum atomic E-state index is 12.0. The number of carboxylic acids is 1. The van der Waals surface area contributed by atoms with Crippen LogP contribution in [0.5, 0.6) is 0 Å². The molecule has 1 rings (SSSR count). The molecular weight excluding hydrogens is 258 g/mol. The van der Waals surface area contributed by atoms with Crippen LogP contribution >= 0.6 is 0 Å². The molecule has 0 aromatic heterocycles. The van der Waals surface area contributed by atoms with Gasteiger partial charge >= 0.3 is 12.0 Å². The molecule has 0 heterocycles. The summed E-state index contributed by atoms with van der Waals surface area (Å²) in [6.07, 6.45) is 2.73. The van der Waals surface area contributed by atoms with E-state index in [0.29, 0.717) is 12.8 Å². The first-order valence-electron chi connectivity index (χ1n) is 7.48. The van der Waals surface area contributed by atoms with E-state index in [0.717, 1.165) is 32.5 Å². The van der Waals surface area contributed by atoms with Crippen LogP contribution in [0.4, 0.5) is 4.79 Å². The summed E-state index contributed by atoms with van der Waals surface area (Å²) in [7, 11) is 0. The lowest BCUT2D eigenvalue weighted by Gasteiger charge is -2.28. The second-order valence-corrected chi connectivity index (χ2v) is 5.58. The summed E-state index contributed by atoms with van der Waals surface area (Å²) in [5, 5.41) is 14.8. The van der Waals surface area contributed by atoms with E-state index < -0.39 is 11.5 Å². The summed E-state index contributed by atoms with van der Waals surface area (Å²) >= 11 is 0. The summed E-state index contributed by atoms with van der Waals surface area (Å²) in [6.45, 7) is 8.72. The molecule has 6 nitrogen and oxygen atoms in total. The third kappa shape index (κ3) is 4.37. The van der Waals surface area contributed by atoms with Gasteiger partial charge in [-0.25, -0.2) is 9.59 Å². The summed E-state index contributed by atoms with van der Waals surface area (Å²) in [6, 6.07) is -0.392. The lowest BCUT2D eigenvalue weighted by Crippen LogP contribution is -2.57. The molecule has 0 aromatic rings. The Morgan fingerprint density at radius 3 is 2.25 bits per heavy atom. The van der Waals surface area contributed by atoms with E-state index in [2.05, 4.69) is 29.4 Å². The molecule has 116 valence electrons. The monoisotopic (exact) mass is 285 g/mol. The normalized spacial score (nSPS) is 18.8. The predicted molar refractivity (Wildman–Crippen MR) is 77.8 cm³/mol. The number of carbonyl (C=O) groups is 2. The molecule has 6 heteroatoms. The number of nitrogens with zero attached hydrogens (tertiary/aromatic N) is 1. The van der Waals surface area contributed by atoms with Crippen molar-refractivity contribution in [1.29, 1.82) is 0 Å². The third-order valence-electron chi connectivity index (χ3n) is 4.02. The van der Waals surface area contributed by atoms with Gasteiger partial charge in [-0.2, -0.15) is 0 Å². The largest absolute Gasteiger partial charge is 0.480 e. The number of aliphatic carboxylic acids is 1. The number of rotatable bonds is 7. The van der Waals surface area contributed by atoms with Gasteiger partial charge in [0, 0.05) is 12.6 Å². The van der Waals surface area contributed by atoms with E-state index in [9.17, 15) is 14.7 Å². The standard InChI is InChI=1S/C14H27N3O3/c1-4-17(5-2)10-11(3)15-13(20)16-14(12(18)19)8-6-7-9-14/h11H,4-10H2,1-3H3,(H,18,19)(H2,15,16,20). The van der Waals surface area contributed by atoms with Gasteiger partial charge in [0.2, 0.25) is 0 Å². The Morgan fingerprint density at radius 1 is 1.25 bits per heavy atom. The molecule has 1 aliphatic rings. The van der Waals surface area contributed by atoms with Crippen LogP contribution in [0, 0.1) is 0 Å². The zero-order valence-corrected chi connectivity index (χ0v) is 12.7. The number of carbonyl (C=O) groups excluding carboxylic acids is 1. The Hall–Kier alpha value is -1.30. The van der Waals surface area contributed by atoms with Gasteiger partial charge in [0.15, 0.2) is 0 Å². The van der Waals surface area contributed by atoms with Gasteiger partial charge in [-0.05, 0) is 32.9 Å². The molecule has 1 fully saturated rings. The third-order valence-corrected chi connectivity index (χ3v) is 4.02. The minimum atomic E-state index is -1.07. The van der Waals surface area contributed by atoms with Crippen molar-refractivity contribution in [3.05, 3.63) is 0 Å². The summed E-state index contributed by atoms with van der Waals surface area (Å²) in [4.78, 5) is 25.6. The van der Waals surface area contributed by atoms with Crippen molar-refractivity contribution in [1.82, 2.24) is 15.5 Å². The van der Waals surface area contributed by atoms with Crippen LogP contribution < -0.4 is 10.6 Å². The Bertz CT molecular complexity index is 337. The van der Waals surface area contributed by atoms with E-state index >= 15 is 0 Å². The molecule has 0 spiro atoms. The number of urea groups is 1. The molecule has 1 saturated carbocycles. The highest BCUT2D eigenvalue weighted by atomic mass is 16.4. The molecule has 20 heavy (non-hydrogen) atoms. The van der Waals surface area contributed by atoms with E-state index in [1.54, 1.807) is 0 Å². The summed E-state index contributed by atoms with van der Waals surface area (Å²) in [5.74, 6) is -0.929. The van der Waals surface area contributed by atoms with Crippen LogP contribution in [-0.2, 0) is 4.79 Å². The molecule has 3 N–H and O–H groups in total. The van der Waals surface area contributed by atoms with Crippen molar-refractivity contribution in [2.45, 2.75) is 58.0 Å². The van der Waals surface area contributed by atoms with Crippen molar-refractivity contribution >= 4 is 12.0 Å². The molecule has 0 aromatic carbocycles. The fourth-order valence-electron chi connectivity index (χ4n) is 2.76. The summed E-state index contributed by atoms with van der Waals surface area (Å²) in [5.41, 5.74) is -1.07. The van der Waals surface area contributed by atoms with Crippen molar-refractivity contribution in [2.24, 2.45) is 0 Å². The van der Waals surface area contributed by atoms with Crippen LogP contribution in [0.25, 0.3) is 0 Å². The van der Waals surface area contributed by atoms with Gasteiger partial charge in [0.25, 0.3) is 0 Å². The average molecular weight is 285 g/mol. The van der Waals surface area contributed by atoms with Crippen LogP contribution in [0.2, 0.25) is 0 Å². The quantitative estimate of drug-likeness (QED) is 0.660. The molecule has 2 amide bonds. The van der Waals surface area contributed by atoms with E-state index in [1.165, 1.54) is 0 Å². The van der Waals surface area contributed by atoms with Gasteiger partial charge in [-0.3, -0.25) is 0 Å². The highest BCUT2D eigenvalue weighted by molar-refractivity contribution is 5.86. The zero-order chi connectivity index (χ0) is 15.2. The van der Waals surface area contributed by atoms with Crippen LogP contribution in [0.3, 0.4) is 0 Å². The first-order chi connectivity index (χ1) is 9.43. The van der Waals surface area contributed by atoms with E-state index in [1.807, 2.05) is 6.92 Å². The van der Waals surface area contributed by atoms with Gasteiger partial charge in [-0.15, -0.1) is 0 Å². The fraction of sp³-hybridized carbons (Fsp3) is 0.857. The zero-order valence-electron chi connectivity index (χ0n) is 12.7. The van der Waals surface area contributed by atoms with Gasteiger partial charge in [0.1, 0.15) is 5.54 Å². The van der Waals surface area contributed by atoms with Gasteiger partial charge in [-0.1, -0.05) is 26.7 Å². The molecule has 1 unspecified atom stereocenters. The van der Waals surface area contributed by atoms with Crippen LogP contribution in [-0.4, -0.2) is 53.2 Å². The minimum Gasteiger partial charge on any atom is -0.480 e. The van der Waals surface area contributed by atoms with Crippen molar-refractivity contribution in [3.63, 3.8) is 0 Å². The number of hydrogen-bond acceptors (Lipinski definition) is 3. The topological polar surface area (TPSA) is 81.7 Å². The maximum absolute atomic E-state index is 12.0. The lowest BCUT2D eigenvalue weighted by atomic mass is 9.98. The highest BCUT2D eigenvalue weighted by Crippen LogP contribution is 2.29. The minimum absolute atomic E-state index is 0.0119. The first kappa shape index (κ1) is 16.8. The Morgan fingerprint density at radius 2 is 1.80 bits per heavy atom. The number of carboxylic acid groups (broad SMARTS) is 1. The lowest BCUT2D eigenvalue weighted by molar-refractivity contribution is -0.144. The second-order valence-electron chi connectivity index (χ2n) is 5.58. The average Bonchev–Trinajstić information content (AvgIpc) is 2.85. The highest BCUT2D eigenvalue weighted by Gasteiger charge is 2.42. The maximum Gasteiger partial charge on any atom is 0.329 e. The molecule has 0 saturated heterocycles. The predicted octanol–water partition coefficient (Wildman–Crippen LogP) is 1.41.